The summed E-state index contributed by atoms with van der Waals surface area (Å²) in [5, 5.41) is 5.00. The topological polar surface area (TPSA) is 32.3 Å². The van der Waals surface area contributed by atoms with Crippen LogP contribution in [0.5, 0.6) is 0 Å². The highest BCUT2D eigenvalue weighted by molar-refractivity contribution is 7.16. The van der Waals surface area contributed by atoms with Crippen molar-refractivity contribution in [3.63, 3.8) is 0 Å². The summed E-state index contributed by atoms with van der Waals surface area (Å²) in [6, 6.07) is 8.35. The molecular formula is C23H29ClN2OS. The smallest absolute Gasteiger partial charge is 0.221 e. The molecule has 2 aromatic rings. The molecule has 1 aromatic heterocycles. The average Bonchev–Trinajstić information content (AvgIpc) is 3.02. The molecule has 3 nitrogen and oxygen atoms in total. The van der Waals surface area contributed by atoms with E-state index in [2.05, 4.69) is 29.3 Å². The van der Waals surface area contributed by atoms with Gasteiger partial charge in [0, 0.05) is 22.4 Å². The Kier molecular flexibility index (Phi) is 6.10. The molecule has 2 heterocycles. The molecule has 1 fully saturated rings. The zero-order valence-electron chi connectivity index (χ0n) is 16.8. The normalized spacial score (nSPS) is 19.2. The summed E-state index contributed by atoms with van der Waals surface area (Å²) in [6.07, 6.45) is 7.11. The number of rotatable bonds is 4. The van der Waals surface area contributed by atoms with E-state index in [9.17, 15) is 4.79 Å². The van der Waals surface area contributed by atoms with Gasteiger partial charge in [-0.3, -0.25) is 9.69 Å². The molecule has 0 bridgehead atoms. The molecule has 0 saturated carbocycles. The summed E-state index contributed by atoms with van der Waals surface area (Å²) >= 11 is 8.50. The van der Waals surface area contributed by atoms with Crippen molar-refractivity contribution in [1.29, 1.82) is 0 Å². The SMILES string of the molecule is CC(=O)Nc1sc2c(c1C(c1ccccc1Cl)N1CCC(C)CC1)CCCC2. The van der Waals surface area contributed by atoms with Gasteiger partial charge in [-0.05, 0) is 74.7 Å². The highest BCUT2D eigenvalue weighted by Crippen LogP contribution is 2.47. The number of nitrogens with one attached hydrogen (secondary N) is 1. The second-order valence-electron chi connectivity index (χ2n) is 8.28. The number of halogens is 1. The molecule has 5 heteroatoms. The van der Waals surface area contributed by atoms with Gasteiger partial charge in [0.1, 0.15) is 5.00 Å². The lowest BCUT2D eigenvalue weighted by Gasteiger charge is -2.38. The molecule has 0 spiro atoms. The van der Waals surface area contributed by atoms with E-state index in [0.29, 0.717) is 0 Å². The van der Waals surface area contributed by atoms with E-state index in [1.165, 1.54) is 41.7 Å². The van der Waals surface area contributed by atoms with Crippen molar-refractivity contribution >= 4 is 33.8 Å². The molecule has 1 aliphatic heterocycles. The molecule has 2 aliphatic rings. The number of hydrogen-bond donors (Lipinski definition) is 1. The Morgan fingerprint density at radius 3 is 2.64 bits per heavy atom. The summed E-state index contributed by atoms with van der Waals surface area (Å²) in [5.74, 6) is 0.777. The molecule has 1 amide bonds. The number of aryl methyl sites for hydroxylation is 1. The Bertz CT molecular complexity index is 854. The van der Waals surface area contributed by atoms with Gasteiger partial charge in [0.15, 0.2) is 0 Å². The quantitative estimate of drug-likeness (QED) is 0.656. The first-order valence-electron chi connectivity index (χ1n) is 10.4. The second-order valence-corrected chi connectivity index (χ2v) is 9.79. The maximum Gasteiger partial charge on any atom is 0.221 e. The number of benzene rings is 1. The fourth-order valence-corrected chi connectivity index (χ4v) is 6.26. The number of thiophene rings is 1. The lowest BCUT2D eigenvalue weighted by molar-refractivity contribution is -0.114. The number of carbonyl (C=O) groups excluding carboxylic acids is 1. The number of carbonyl (C=O) groups is 1. The van der Waals surface area contributed by atoms with Crippen LogP contribution >= 0.6 is 22.9 Å². The van der Waals surface area contributed by atoms with Crippen molar-refractivity contribution in [2.75, 3.05) is 18.4 Å². The number of hydrogen-bond acceptors (Lipinski definition) is 3. The van der Waals surface area contributed by atoms with Gasteiger partial charge in [-0.1, -0.05) is 36.7 Å². The maximum atomic E-state index is 12.0. The van der Waals surface area contributed by atoms with Crippen LogP contribution in [-0.2, 0) is 17.6 Å². The van der Waals surface area contributed by atoms with Gasteiger partial charge in [0.2, 0.25) is 5.91 Å². The zero-order valence-corrected chi connectivity index (χ0v) is 18.3. The van der Waals surface area contributed by atoms with Crippen molar-refractivity contribution < 1.29 is 4.79 Å². The minimum absolute atomic E-state index is 0.00465. The van der Waals surface area contributed by atoms with Crippen LogP contribution in [0.25, 0.3) is 0 Å². The number of piperidine rings is 1. The number of nitrogens with zero attached hydrogens (tertiary/aromatic N) is 1. The maximum absolute atomic E-state index is 12.0. The summed E-state index contributed by atoms with van der Waals surface area (Å²) < 4.78 is 0. The zero-order chi connectivity index (χ0) is 19.7. The third kappa shape index (κ3) is 4.00. The molecule has 1 atom stereocenters. The third-order valence-electron chi connectivity index (χ3n) is 6.16. The first-order valence-corrected chi connectivity index (χ1v) is 11.6. The summed E-state index contributed by atoms with van der Waals surface area (Å²) in [6.45, 7) is 6.09. The fourth-order valence-electron chi connectivity index (χ4n) is 4.65. The van der Waals surface area contributed by atoms with E-state index < -0.39 is 0 Å². The Hall–Kier alpha value is -1.36. The van der Waals surface area contributed by atoms with Crippen molar-refractivity contribution in [3.05, 3.63) is 50.9 Å². The third-order valence-corrected chi connectivity index (χ3v) is 7.73. The van der Waals surface area contributed by atoms with Crippen LogP contribution in [0.3, 0.4) is 0 Å². The Morgan fingerprint density at radius 2 is 1.93 bits per heavy atom. The monoisotopic (exact) mass is 416 g/mol. The predicted octanol–water partition coefficient (Wildman–Crippen LogP) is 6.06. The van der Waals surface area contributed by atoms with Gasteiger partial charge < -0.3 is 5.32 Å². The summed E-state index contributed by atoms with van der Waals surface area (Å²) in [5.41, 5.74) is 3.93. The van der Waals surface area contributed by atoms with Crippen LogP contribution in [0.15, 0.2) is 24.3 Å². The molecule has 150 valence electrons. The predicted molar refractivity (Wildman–Crippen MR) is 119 cm³/mol. The number of likely N-dealkylation sites (tertiary alicyclic amines) is 1. The van der Waals surface area contributed by atoms with E-state index in [1.54, 1.807) is 18.3 Å². The van der Waals surface area contributed by atoms with E-state index >= 15 is 0 Å². The highest BCUT2D eigenvalue weighted by Gasteiger charge is 2.34. The Balaban J connectivity index is 1.85. The lowest BCUT2D eigenvalue weighted by atomic mass is 9.87. The van der Waals surface area contributed by atoms with Gasteiger partial charge in [0.05, 0.1) is 6.04 Å². The van der Waals surface area contributed by atoms with Crippen LogP contribution in [0, 0.1) is 5.92 Å². The lowest BCUT2D eigenvalue weighted by Crippen LogP contribution is -2.37. The molecule has 1 aliphatic carbocycles. The number of anilines is 1. The average molecular weight is 417 g/mol. The summed E-state index contributed by atoms with van der Waals surface area (Å²) in [7, 11) is 0. The van der Waals surface area contributed by atoms with Crippen LogP contribution in [0.2, 0.25) is 5.02 Å². The van der Waals surface area contributed by atoms with Gasteiger partial charge in [0.25, 0.3) is 0 Å². The highest BCUT2D eigenvalue weighted by atomic mass is 35.5. The van der Waals surface area contributed by atoms with E-state index in [0.717, 1.165) is 47.4 Å². The molecule has 0 radical (unpaired) electrons. The van der Waals surface area contributed by atoms with Crippen LogP contribution < -0.4 is 5.32 Å². The van der Waals surface area contributed by atoms with Crippen molar-refractivity contribution in [2.45, 2.75) is 58.4 Å². The fraction of sp³-hybridized carbons (Fsp3) is 0.522. The largest absolute Gasteiger partial charge is 0.318 e. The molecule has 28 heavy (non-hydrogen) atoms. The van der Waals surface area contributed by atoms with Crippen molar-refractivity contribution in [2.24, 2.45) is 5.92 Å². The first kappa shape index (κ1) is 19.9. The number of fused-ring (bicyclic) bond motifs is 1. The van der Waals surface area contributed by atoms with E-state index in [4.69, 9.17) is 11.6 Å². The molecule has 1 unspecified atom stereocenters. The Morgan fingerprint density at radius 1 is 1.21 bits per heavy atom. The van der Waals surface area contributed by atoms with E-state index in [-0.39, 0.29) is 11.9 Å². The van der Waals surface area contributed by atoms with Crippen molar-refractivity contribution in [3.8, 4) is 0 Å². The molecule has 4 rings (SSSR count). The number of amides is 1. The standard InChI is InChI=1S/C23H29ClN2OS/c1-15-11-13-26(14-12-15)22(17-7-3-5-9-19(17)24)21-18-8-4-6-10-20(18)28-23(21)25-16(2)27/h3,5,7,9,15,22H,4,6,8,10-14H2,1-2H3,(H,25,27). The minimum Gasteiger partial charge on any atom is -0.318 e. The van der Waals surface area contributed by atoms with E-state index in [1.807, 2.05) is 12.1 Å². The summed E-state index contributed by atoms with van der Waals surface area (Å²) in [4.78, 5) is 16.0. The van der Waals surface area contributed by atoms with Crippen LogP contribution in [0.4, 0.5) is 5.00 Å². The van der Waals surface area contributed by atoms with Gasteiger partial charge in [-0.25, -0.2) is 0 Å². The molecule has 1 aromatic carbocycles. The second kappa shape index (κ2) is 8.56. The van der Waals surface area contributed by atoms with Gasteiger partial charge >= 0.3 is 0 Å². The van der Waals surface area contributed by atoms with Gasteiger partial charge in [-0.15, -0.1) is 11.3 Å². The first-order chi connectivity index (χ1) is 13.5. The van der Waals surface area contributed by atoms with Crippen LogP contribution in [-0.4, -0.2) is 23.9 Å². The van der Waals surface area contributed by atoms with Gasteiger partial charge in [-0.2, -0.15) is 0 Å². The Labute approximate surface area is 177 Å². The molecule has 1 saturated heterocycles. The van der Waals surface area contributed by atoms with Crippen LogP contribution in [0.1, 0.15) is 67.1 Å². The minimum atomic E-state index is 0.00465. The van der Waals surface area contributed by atoms with Crippen molar-refractivity contribution in [1.82, 2.24) is 4.90 Å². The molecule has 1 N–H and O–H groups in total. The molecular weight excluding hydrogens is 388 g/mol.